The summed E-state index contributed by atoms with van der Waals surface area (Å²) in [5, 5.41) is 4.27. The van der Waals surface area contributed by atoms with Crippen LogP contribution in [-0.2, 0) is 16.0 Å². The van der Waals surface area contributed by atoms with Crippen LogP contribution in [0.5, 0.6) is 0 Å². The van der Waals surface area contributed by atoms with E-state index in [1.807, 2.05) is 24.3 Å². The van der Waals surface area contributed by atoms with Gasteiger partial charge in [0.05, 0.1) is 11.4 Å². The monoisotopic (exact) mass is 414 g/mol. The van der Waals surface area contributed by atoms with Crippen molar-refractivity contribution in [2.75, 3.05) is 10.6 Å². The third kappa shape index (κ3) is 5.90. The smallest absolute Gasteiger partial charge is 0.324 e. The summed E-state index contributed by atoms with van der Waals surface area (Å²) in [6.07, 6.45) is -4.36. The predicted octanol–water partition coefficient (Wildman–Crippen LogP) is 4.52. The highest BCUT2D eigenvalue weighted by Gasteiger charge is 2.39. The SMILES string of the molecule is O=C(CCc1ccc(Br)cc1)Nc1ccccc1NC(=O)C(F)(F)F. The average molecular weight is 415 g/mol. The van der Waals surface area contributed by atoms with Gasteiger partial charge < -0.3 is 10.6 Å². The Labute approximate surface area is 150 Å². The lowest BCUT2D eigenvalue weighted by Gasteiger charge is -2.13. The van der Waals surface area contributed by atoms with Crippen molar-refractivity contribution in [2.24, 2.45) is 0 Å². The van der Waals surface area contributed by atoms with Crippen LogP contribution in [0.4, 0.5) is 24.5 Å². The lowest BCUT2D eigenvalue weighted by atomic mass is 10.1. The molecule has 2 aromatic rings. The number of rotatable bonds is 5. The Bertz CT molecular complexity index is 761. The molecule has 2 rings (SSSR count). The van der Waals surface area contributed by atoms with E-state index >= 15 is 0 Å². The second-order valence-electron chi connectivity index (χ2n) is 5.17. The van der Waals surface area contributed by atoms with Gasteiger partial charge in [0, 0.05) is 10.9 Å². The number of aryl methyl sites for hydroxylation is 1. The molecule has 0 unspecified atom stereocenters. The molecule has 0 heterocycles. The molecule has 0 atom stereocenters. The highest BCUT2D eigenvalue weighted by molar-refractivity contribution is 9.10. The van der Waals surface area contributed by atoms with Crippen molar-refractivity contribution in [3.05, 3.63) is 58.6 Å². The number of alkyl halides is 3. The van der Waals surface area contributed by atoms with Crippen LogP contribution in [0.15, 0.2) is 53.0 Å². The first kappa shape index (κ1) is 19.0. The van der Waals surface area contributed by atoms with Crippen LogP contribution in [0.25, 0.3) is 0 Å². The predicted molar refractivity (Wildman–Crippen MR) is 92.2 cm³/mol. The zero-order chi connectivity index (χ0) is 18.4. The Kier molecular flexibility index (Phi) is 6.19. The van der Waals surface area contributed by atoms with Gasteiger partial charge in [-0.05, 0) is 36.2 Å². The largest absolute Gasteiger partial charge is 0.471 e. The first-order valence-electron chi connectivity index (χ1n) is 7.27. The third-order valence-corrected chi connectivity index (χ3v) is 3.79. The second-order valence-corrected chi connectivity index (χ2v) is 6.09. The number of halogens is 4. The zero-order valence-corrected chi connectivity index (χ0v) is 14.4. The number of para-hydroxylation sites is 2. The number of benzene rings is 2. The summed E-state index contributed by atoms with van der Waals surface area (Å²) in [6.45, 7) is 0. The molecule has 0 fully saturated rings. The number of carbonyl (C=O) groups excluding carboxylic acids is 2. The molecule has 0 radical (unpaired) electrons. The zero-order valence-electron chi connectivity index (χ0n) is 12.9. The van der Waals surface area contributed by atoms with Gasteiger partial charge in [-0.25, -0.2) is 0 Å². The lowest BCUT2D eigenvalue weighted by Crippen LogP contribution is -2.30. The molecule has 2 N–H and O–H groups in total. The quantitative estimate of drug-likeness (QED) is 0.755. The third-order valence-electron chi connectivity index (χ3n) is 3.26. The molecule has 0 aliphatic rings. The minimum absolute atomic E-state index is 0.109. The van der Waals surface area contributed by atoms with Gasteiger partial charge in [0.25, 0.3) is 0 Å². The van der Waals surface area contributed by atoms with E-state index in [2.05, 4.69) is 21.2 Å². The van der Waals surface area contributed by atoms with Crippen molar-refractivity contribution in [3.8, 4) is 0 Å². The standard InChI is InChI=1S/C17H14BrF3N2O2/c18-12-8-5-11(6-9-12)7-10-15(24)22-13-3-1-2-4-14(13)23-16(25)17(19,20)21/h1-6,8-9H,7,10H2,(H,22,24)(H,23,25). The number of carbonyl (C=O) groups is 2. The molecule has 0 bridgehead atoms. The van der Waals surface area contributed by atoms with Crippen molar-refractivity contribution in [2.45, 2.75) is 19.0 Å². The minimum atomic E-state index is -5.00. The van der Waals surface area contributed by atoms with Crippen LogP contribution < -0.4 is 10.6 Å². The van der Waals surface area contributed by atoms with Gasteiger partial charge in [-0.15, -0.1) is 0 Å². The highest BCUT2D eigenvalue weighted by atomic mass is 79.9. The summed E-state index contributed by atoms with van der Waals surface area (Å²) in [7, 11) is 0. The molecule has 4 nitrogen and oxygen atoms in total. The van der Waals surface area contributed by atoms with Crippen molar-refractivity contribution >= 4 is 39.1 Å². The van der Waals surface area contributed by atoms with Crippen molar-refractivity contribution in [1.82, 2.24) is 0 Å². The minimum Gasteiger partial charge on any atom is -0.324 e. The molecule has 0 saturated carbocycles. The summed E-state index contributed by atoms with van der Waals surface area (Å²) >= 11 is 3.32. The van der Waals surface area contributed by atoms with Crippen LogP contribution >= 0.6 is 15.9 Å². The number of amides is 2. The number of hydrogen-bond acceptors (Lipinski definition) is 2. The fourth-order valence-corrected chi connectivity index (χ4v) is 2.28. The lowest BCUT2D eigenvalue weighted by molar-refractivity contribution is -0.167. The molecule has 25 heavy (non-hydrogen) atoms. The summed E-state index contributed by atoms with van der Waals surface area (Å²) < 4.78 is 38.0. The fourth-order valence-electron chi connectivity index (χ4n) is 2.02. The van der Waals surface area contributed by atoms with E-state index in [0.717, 1.165) is 10.0 Å². The van der Waals surface area contributed by atoms with E-state index in [1.165, 1.54) is 18.2 Å². The molecule has 2 amide bonds. The van der Waals surface area contributed by atoms with Gasteiger partial charge in [0.2, 0.25) is 5.91 Å². The molecule has 0 saturated heterocycles. The highest BCUT2D eigenvalue weighted by Crippen LogP contribution is 2.24. The van der Waals surface area contributed by atoms with Crippen molar-refractivity contribution < 1.29 is 22.8 Å². The van der Waals surface area contributed by atoms with Crippen molar-refractivity contribution in [1.29, 1.82) is 0 Å². The van der Waals surface area contributed by atoms with Gasteiger partial charge >= 0.3 is 12.1 Å². The van der Waals surface area contributed by atoms with Gasteiger partial charge in [0.15, 0.2) is 0 Å². The molecule has 0 spiro atoms. The molecular weight excluding hydrogens is 401 g/mol. The van der Waals surface area contributed by atoms with Gasteiger partial charge in [0.1, 0.15) is 0 Å². The molecule has 8 heteroatoms. The van der Waals surface area contributed by atoms with Crippen LogP contribution in [0, 0.1) is 0 Å². The Morgan fingerprint density at radius 1 is 0.920 bits per heavy atom. The van der Waals surface area contributed by atoms with E-state index in [9.17, 15) is 22.8 Å². The van der Waals surface area contributed by atoms with E-state index in [4.69, 9.17) is 0 Å². The maximum Gasteiger partial charge on any atom is 0.471 e. The first-order chi connectivity index (χ1) is 11.8. The molecular formula is C17H14BrF3N2O2. The van der Waals surface area contributed by atoms with Crippen LogP contribution in [0.2, 0.25) is 0 Å². The van der Waals surface area contributed by atoms with E-state index in [1.54, 1.807) is 11.4 Å². The van der Waals surface area contributed by atoms with E-state index in [0.29, 0.717) is 6.42 Å². The number of anilines is 2. The van der Waals surface area contributed by atoms with Crippen LogP contribution in [-0.4, -0.2) is 18.0 Å². The van der Waals surface area contributed by atoms with Crippen LogP contribution in [0.3, 0.4) is 0 Å². The molecule has 0 aromatic heterocycles. The van der Waals surface area contributed by atoms with E-state index < -0.39 is 12.1 Å². The van der Waals surface area contributed by atoms with Gasteiger partial charge in [-0.2, -0.15) is 13.2 Å². The molecule has 0 aliphatic carbocycles. The summed E-state index contributed by atoms with van der Waals surface area (Å²) in [4.78, 5) is 23.1. The normalized spacial score (nSPS) is 11.0. The van der Waals surface area contributed by atoms with Crippen LogP contribution in [0.1, 0.15) is 12.0 Å². The summed E-state index contributed by atoms with van der Waals surface area (Å²) in [5.41, 5.74) is 0.958. The Balaban J connectivity index is 1.98. The van der Waals surface area contributed by atoms with Gasteiger partial charge in [-0.1, -0.05) is 40.2 Å². The molecule has 0 aliphatic heterocycles. The topological polar surface area (TPSA) is 58.2 Å². The van der Waals surface area contributed by atoms with Gasteiger partial charge in [-0.3, -0.25) is 9.59 Å². The molecule has 2 aromatic carbocycles. The van der Waals surface area contributed by atoms with Crippen molar-refractivity contribution in [3.63, 3.8) is 0 Å². The Morgan fingerprint density at radius 2 is 1.48 bits per heavy atom. The fraction of sp³-hybridized carbons (Fsp3) is 0.176. The first-order valence-corrected chi connectivity index (χ1v) is 8.06. The maximum absolute atomic E-state index is 12.4. The molecule has 132 valence electrons. The number of hydrogen-bond donors (Lipinski definition) is 2. The summed E-state index contributed by atoms with van der Waals surface area (Å²) in [6, 6.07) is 13.2. The number of nitrogens with one attached hydrogen (secondary N) is 2. The summed E-state index contributed by atoms with van der Waals surface area (Å²) in [5.74, 6) is -2.46. The Hall–Kier alpha value is -2.35. The second kappa shape index (κ2) is 8.15. The maximum atomic E-state index is 12.4. The Morgan fingerprint density at radius 3 is 2.04 bits per heavy atom. The average Bonchev–Trinajstić information content (AvgIpc) is 2.55. The van der Waals surface area contributed by atoms with E-state index in [-0.39, 0.29) is 23.7 Å².